The van der Waals surface area contributed by atoms with E-state index in [-0.39, 0.29) is 0 Å². The first-order chi connectivity index (χ1) is 9.86. The van der Waals surface area contributed by atoms with Crippen molar-refractivity contribution in [3.05, 3.63) is 23.3 Å². The van der Waals surface area contributed by atoms with E-state index < -0.39 is 10.0 Å². The fraction of sp³-hybridized carbons (Fsp3) is 0.500. The average Bonchev–Trinajstić information content (AvgIpc) is 2.87. The molecule has 0 radical (unpaired) electrons. The van der Waals surface area contributed by atoms with Gasteiger partial charge in [-0.2, -0.15) is 4.31 Å². The Hall–Kier alpha value is -1.18. The van der Waals surface area contributed by atoms with Gasteiger partial charge >= 0.3 is 0 Å². The molecule has 0 aliphatic carbocycles. The number of hydrogen-bond acceptors (Lipinski definition) is 5. The molecule has 2 heterocycles. The number of piperazine rings is 1. The minimum absolute atomic E-state index is 0.534. The number of rotatable bonds is 2. The van der Waals surface area contributed by atoms with Gasteiger partial charge in [-0.05, 0) is 31.0 Å². The normalized spacial score (nSPS) is 17.6. The van der Waals surface area contributed by atoms with E-state index in [1.165, 1.54) is 26.4 Å². The highest BCUT2D eigenvalue weighted by Crippen LogP contribution is 2.32. The summed E-state index contributed by atoms with van der Waals surface area (Å²) in [5.74, 6) is 0. The van der Waals surface area contributed by atoms with E-state index in [4.69, 9.17) is 4.98 Å². The number of sulfonamides is 1. The molecule has 0 N–H and O–H groups in total. The molecule has 1 aliphatic heterocycles. The molecule has 0 spiro atoms. The highest BCUT2D eigenvalue weighted by atomic mass is 32.2. The van der Waals surface area contributed by atoms with E-state index in [1.54, 1.807) is 11.3 Å². The summed E-state index contributed by atoms with van der Waals surface area (Å²) in [5, 5.41) is 0.992. The van der Waals surface area contributed by atoms with Crippen molar-refractivity contribution >= 4 is 36.7 Å². The van der Waals surface area contributed by atoms with Crippen LogP contribution in [0, 0.1) is 13.8 Å². The summed E-state index contributed by atoms with van der Waals surface area (Å²) >= 11 is 1.68. The molecule has 114 valence electrons. The molecule has 7 heteroatoms. The number of anilines is 1. The molecule has 2 aromatic rings. The van der Waals surface area contributed by atoms with E-state index in [9.17, 15) is 8.42 Å². The smallest absolute Gasteiger partial charge is 0.211 e. The number of aromatic nitrogens is 1. The number of hydrogen-bond donors (Lipinski definition) is 0. The van der Waals surface area contributed by atoms with Crippen molar-refractivity contribution in [3.8, 4) is 0 Å². The lowest BCUT2D eigenvalue weighted by molar-refractivity contribution is 0.388. The van der Waals surface area contributed by atoms with E-state index in [0.717, 1.165) is 10.6 Å². The second kappa shape index (κ2) is 5.23. The second-order valence-electron chi connectivity index (χ2n) is 5.50. The molecule has 3 rings (SSSR count). The summed E-state index contributed by atoms with van der Waals surface area (Å²) in [6, 6.07) is 4.24. The van der Waals surface area contributed by atoms with Gasteiger partial charge in [0.15, 0.2) is 5.13 Å². The Bertz CT molecular complexity index is 775. The van der Waals surface area contributed by atoms with Gasteiger partial charge in [-0.1, -0.05) is 17.4 Å². The first kappa shape index (κ1) is 14.7. The van der Waals surface area contributed by atoms with Crippen LogP contribution in [-0.2, 0) is 10.0 Å². The molecule has 1 aromatic carbocycles. The molecular weight excluding hydrogens is 306 g/mol. The van der Waals surface area contributed by atoms with Gasteiger partial charge in [-0.3, -0.25) is 0 Å². The van der Waals surface area contributed by atoms with Crippen molar-refractivity contribution in [1.29, 1.82) is 0 Å². The summed E-state index contributed by atoms with van der Waals surface area (Å²) in [6.45, 7) is 6.66. The maximum absolute atomic E-state index is 11.5. The lowest BCUT2D eigenvalue weighted by Crippen LogP contribution is -2.48. The van der Waals surface area contributed by atoms with Crippen LogP contribution in [0.25, 0.3) is 10.2 Å². The van der Waals surface area contributed by atoms with Gasteiger partial charge in [0.25, 0.3) is 0 Å². The number of aryl methyl sites for hydroxylation is 2. The van der Waals surface area contributed by atoms with Crippen LogP contribution in [0.4, 0.5) is 5.13 Å². The first-order valence-corrected chi connectivity index (χ1v) is 9.59. The molecule has 1 aromatic heterocycles. The summed E-state index contributed by atoms with van der Waals surface area (Å²) in [4.78, 5) is 6.94. The number of thiazole rings is 1. The zero-order chi connectivity index (χ0) is 15.2. The monoisotopic (exact) mass is 325 g/mol. The third kappa shape index (κ3) is 2.77. The van der Waals surface area contributed by atoms with Crippen molar-refractivity contribution in [2.24, 2.45) is 0 Å². The van der Waals surface area contributed by atoms with Crippen molar-refractivity contribution in [2.45, 2.75) is 13.8 Å². The summed E-state index contributed by atoms with van der Waals surface area (Å²) in [7, 11) is -3.08. The van der Waals surface area contributed by atoms with Gasteiger partial charge in [0.05, 0.1) is 16.5 Å². The van der Waals surface area contributed by atoms with Gasteiger partial charge in [0.2, 0.25) is 10.0 Å². The van der Waals surface area contributed by atoms with Gasteiger partial charge in [0, 0.05) is 26.2 Å². The highest BCUT2D eigenvalue weighted by Gasteiger charge is 2.25. The Balaban J connectivity index is 1.85. The first-order valence-electron chi connectivity index (χ1n) is 6.93. The molecule has 21 heavy (non-hydrogen) atoms. The largest absolute Gasteiger partial charge is 0.345 e. The Morgan fingerprint density at radius 1 is 1.14 bits per heavy atom. The third-order valence-electron chi connectivity index (χ3n) is 4.05. The lowest BCUT2D eigenvalue weighted by atomic mass is 10.1. The molecule has 1 fully saturated rings. The van der Waals surface area contributed by atoms with Crippen LogP contribution >= 0.6 is 11.3 Å². The molecule has 0 bridgehead atoms. The molecule has 0 amide bonds. The SMILES string of the molecule is Cc1ccc2sc(N3CCN(S(C)(=O)=O)CC3)nc2c1C. The van der Waals surface area contributed by atoms with Gasteiger partial charge in [0.1, 0.15) is 0 Å². The number of fused-ring (bicyclic) bond motifs is 1. The van der Waals surface area contributed by atoms with Crippen molar-refractivity contribution in [2.75, 3.05) is 37.3 Å². The molecule has 0 unspecified atom stereocenters. The molecule has 0 saturated carbocycles. The van der Waals surface area contributed by atoms with E-state index in [0.29, 0.717) is 26.2 Å². The zero-order valence-electron chi connectivity index (χ0n) is 12.5. The van der Waals surface area contributed by atoms with E-state index in [2.05, 4.69) is 30.9 Å². The average molecular weight is 325 g/mol. The van der Waals surface area contributed by atoms with E-state index in [1.807, 2.05) is 0 Å². The van der Waals surface area contributed by atoms with Crippen LogP contribution < -0.4 is 4.90 Å². The Morgan fingerprint density at radius 3 is 2.43 bits per heavy atom. The van der Waals surface area contributed by atoms with Crippen LogP contribution in [0.15, 0.2) is 12.1 Å². The summed E-state index contributed by atoms with van der Waals surface area (Å²) < 4.78 is 25.8. The fourth-order valence-electron chi connectivity index (χ4n) is 2.56. The quantitative estimate of drug-likeness (QED) is 0.847. The van der Waals surface area contributed by atoms with Crippen molar-refractivity contribution in [1.82, 2.24) is 9.29 Å². The molecule has 0 atom stereocenters. The molecule has 1 saturated heterocycles. The molecular formula is C14H19N3O2S2. The van der Waals surface area contributed by atoms with Gasteiger partial charge in [-0.15, -0.1) is 0 Å². The van der Waals surface area contributed by atoms with Crippen LogP contribution in [0.5, 0.6) is 0 Å². The summed E-state index contributed by atoms with van der Waals surface area (Å²) in [6.07, 6.45) is 1.27. The predicted molar refractivity (Wildman–Crippen MR) is 87.7 cm³/mol. The topological polar surface area (TPSA) is 53.5 Å². The number of nitrogens with zero attached hydrogens (tertiary/aromatic N) is 3. The van der Waals surface area contributed by atoms with Crippen molar-refractivity contribution in [3.63, 3.8) is 0 Å². The standard InChI is InChI=1S/C14H19N3O2S2/c1-10-4-5-12-13(11(10)2)15-14(20-12)16-6-8-17(9-7-16)21(3,18)19/h4-5H,6-9H2,1-3H3. The number of benzene rings is 1. The Morgan fingerprint density at radius 2 is 1.81 bits per heavy atom. The molecule has 5 nitrogen and oxygen atoms in total. The predicted octanol–water partition coefficient (Wildman–Crippen LogP) is 1.99. The minimum atomic E-state index is -3.08. The zero-order valence-corrected chi connectivity index (χ0v) is 14.1. The second-order valence-corrected chi connectivity index (χ2v) is 8.49. The summed E-state index contributed by atoms with van der Waals surface area (Å²) in [5.41, 5.74) is 3.55. The Labute approximate surface area is 129 Å². The van der Waals surface area contributed by atoms with Gasteiger partial charge < -0.3 is 4.90 Å². The fourth-order valence-corrected chi connectivity index (χ4v) is 4.46. The van der Waals surface area contributed by atoms with Crippen LogP contribution in [0.3, 0.4) is 0 Å². The third-order valence-corrected chi connectivity index (χ3v) is 6.44. The van der Waals surface area contributed by atoms with Crippen LogP contribution in [0.2, 0.25) is 0 Å². The minimum Gasteiger partial charge on any atom is -0.345 e. The Kier molecular flexibility index (Phi) is 3.67. The van der Waals surface area contributed by atoms with Gasteiger partial charge in [-0.25, -0.2) is 13.4 Å². The van der Waals surface area contributed by atoms with Crippen molar-refractivity contribution < 1.29 is 8.42 Å². The maximum atomic E-state index is 11.5. The lowest BCUT2D eigenvalue weighted by Gasteiger charge is -2.32. The molecule has 1 aliphatic rings. The highest BCUT2D eigenvalue weighted by molar-refractivity contribution is 7.88. The van der Waals surface area contributed by atoms with Crippen LogP contribution in [-0.4, -0.2) is 50.1 Å². The van der Waals surface area contributed by atoms with E-state index >= 15 is 0 Å². The van der Waals surface area contributed by atoms with Crippen LogP contribution in [0.1, 0.15) is 11.1 Å². The maximum Gasteiger partial charge on any atom is 0.211 e.